The van der Waals surface area contributed by atoms with Crippen LogP contribution in [0.4, 0.5) is 0 Å². The number of carboxylic acid groups (broad SMARTS) is 1. The zero-order valence-corrected chi connectivity index (χ0v) is 10.1. The zero-order chi connectivity index (χ0) is 10.1. The predicted octanol–water partition coefficient (Wildman–Crippen LogP) is 1.39. The van der Waals surface area contributed by atoms with Crippen molar-refractivity contribution in [1.82, 2.24) is 5.32 Å². The van der Waals surface area contributed by atoms with Gasteiger partial charge in [0.05, 0.1) is 0 Å². The van der Waals surface area contributed by atoms with Crippen LogP contribution in [0.25, 0.3) is 0 Å². The van der Waals surface area contributed by atoms with Gasteiger partial charge in [-0.05, 0) is 0 Å². The molecule has 3 nitrogen and oxygen atoms in total. The van der Waals surface area contributed by atoms with E-state index >= 15 is 0 Å². The molecule has 0 aromatic rings. The first-order valence-corrected chi connectivity index (χ1v) is 7.60. The minimum absolute atomic E-state index is 0.326. The Kier molecular flexibility index (Phi) is 8.51. The van der Waals surface area contributed by atoms with Gasteiger partial charge in [0, 0.05) is 0 Å². The van der Waals surface area contributed by atoms with Crippen LogP contribution in [0.5, 0.6) is 0 Å². The molecule has 13 heavy (non-hydrogen) atoms. The summed E-state index contributed by atoms with van der Waals surface area (Å²) in [6, 6.07) is -0.326. The van der Waals surface area contributed by atoms with E-state index in [0.29, 0.717) is 15.0 Å². The van der Waals surface area contributed by atoms with Gasteiger partial charge in [0.15, 0.2) is 0 Å². The molecule has 0 spiro atoms. The molecule has 0 rings (SSSR count). The summed E-state index contributed by atoms with van der Waals surface area (Å²) < 4.78 is 0. The van der Waals surface area contributed by atoms with Crippen molar-refractivity contribution in [1.29, 1.82) is 0 Å². The number of unbranched alkanes of at least 4 members (excludes halogenated alkanes) is 1. The number of aliphatic carboxylic acids is 1. The van der Waals surface area contributed by atoms with Crippen molar-refractivity contribution < 1.29 is 9.90 Å². The van der Waals surface area contributed by atoms with Crippen LogP contribution >= 0.6 is 0 Å². The molecule has 0 heterocycles. The Hall–Kier alpha value is -0.0505. The number of hydrogen-bond donors (Lipinski definition) is 2. The summed E-state index contributed by atoms with van der Waals surface area (Å²) in [5, 5.41) is 13.0. The molecule has 78 valence electrons. The molecule has 0 aliphatic carbocycles. The summed E-state index contributed by atoms with van der Waals surface area (Å²) in [6.45, 7) is 2.93. The van der Waals surface area contributed by atoms with Gasteiger partial charge in [-0.25, -0.2) is 0 Å². The molecule has 0 aromatic heterocycles. The SMILES string of the molecule is CCCCN[C@@H](CC[Se]C)C(=O)O. The van der Waals surface area contributed by atoms with Crippen LogP contribution < -0.4 is 5.32 Å². The van der Waals surface area contributed by atoms with Crippen molar-refractivity contribution in [2.24, 2.45) is 0 Å². The van der Waals surface area contributed by atoms with E-state index in [1.807, 2.05) is 0 Å². The predicted molar refractivity (Wildman–Crippen MR) is 55.4 cm³/mol. The second kappa shape index (κ2) is 8.54. The molecule has 0 aliphatic rings. The van der Waals surface area contributed by atoms with Crippen molar-refractivity contribution in [3.8, 4) is 0 Å². The Bertz CT molecular complexity index is 142. The molecular formula is C9H19NO2Se. The van der Waals surface area contributed by atoms with Gasteiger partial charge in [-0.3, -0.25) is 0 Å². The van der Waals surface area contributed by atoms with Crippen LogP contribution in [-0.2, 0) is 4.79 Å². The summed E-state index contributed by atoms with van der Waals surface area (Å²) in [6.07, 6.45) is 2.94. The third-order valence-corrected chi connectivity index (χ3v) is 3.18. The molecule has 0 saturated heterocycles. The topological polar surface area (TPSA) is 49.3 Å². The monoisotopic (exact) mass is 253 g/mol. The summed E-state index contributed by atoms with van der Waals surface area (Å²) in [4.78, 5) is 10.7. The average molecular weight is 252 g/mol. The Morgan fingerprint density at radius 2 is 2.31 bits per heavy atom. The van der Waals surface area contributed by atoms with E-state index in [0.717, 1.165) is 31.1 Å². The maximum absolute atomic E-state index is 10.7. The standard InChI is InChI=1S/C9H19NO2Se/c1-3-4-6-10-8(9(11)12)5-7-13-2/h8,10H,3-7H2,1-2H3,(H,11,12)/t8-/m0/s1. The Labute approximate surface area is 86.4 Å². The molecule has 2 N–H and O–H groups in total. The summed E-state index contributed by atoms with van der Waals surface area (Å²) in [5.74, 6) is 1.43. The number of carboxylic acids is 1. The number of nitrogens with one attached hydrogen (secondary N) is 1. The van der Waals surface area contributed by atoms with Gasteiger partial charge in [0.1, 0.15) is 0 Å². The van der Waals surface area contributed by atoms with Crippen LogP contribution in [0, 0.1) is 0 Å². The fourth-order valence-corrected chi connectivity index (χ4v) is 1.99. The Balaban J connectivity index is 3.61. The van der Waals surface area contributed by atoms with E-state index < -0.39 is 5.97 Å². The van der Waals surface area contributed by atoms with E-state index in [9.17, 15) is 4.79 Å². The summed E-state index contributed by atoms with van der Waals surface area (Å²) in [5.41, 5.74) is 0. The first-order valence-electron chi connectivity index (χ1n) is 4.67. The summed E-state index contributed by atoms with van der Waals surface area (Å²) >= 11 is 0.583. The molecule has 1 atom stereocenters. The van der Waals surface area contributed by atoms with Crippen molar-refractivity contribution in [3.63, 3.8) is 0 Å². The van der Waals surface area contributed by atoms with Crippen LogP contribution in [0.3, 0.4) is 0 Å². The van der Waals surface area contributed by atoms with Gasteiger partial charge in [0.25, 0.3) is 0 Å². The van der Waals surface area contributed by atoms with Crippen molar-refractivity contribution in [2.45, 2.75) is 43.4 Å². The molecular weight excluding hydrogens is 233 g/mol. The molecule has 0 aromatic carbocycles. The molecule has 0 radical (unpaired) electrons. The molecule has 0 aliphatic heterocycles. The molecule has 4 heteroatoms. The van der Waals surface area contributed by atoms with Gasteiger partial charge in [-0.15, -0.1) is 0 Å². The van der Waals surface area contributed by atoms with Gasteiger partial charge < -0.3 is 0 Å². The van der Waals surface area contributed by atoms with E-state index in [1.54, 1.807) is 0 Å². The number of hydrogen-bond acceptors (Lipinski definition) is 2. The van der Waals surface area contributed by atoms with Gasteiger partial charge >= 0.3 is 86.1 Å². The van der Waals surface area contributed by atoms with Crippen LogP contribution in [0.15, 0.2) is 0 Å². The van der Waals surface area contributed by atoms with Crippen molar-refractivity contribution in [2.75, 3.05) is 6.54 Å². The fraction of sp³-hybridized carbons (Fsp3) is 0.889. The molecule has 0 bridgehead atoms. The molecule has 0 amide bonds. The van der Waals surface area contributed by atoms with Crippen LogP contribution in [-0.4, -0.2) is 38.6 Å². The van der Waals surface area contributed by atoms with Gasteiger partial charge in [0.2, 0.25) is 0 Å². The van der Waals surface area contributed by atoms with E-state index in [1.165, 1.54) is 0 Å². The molecule has 0 fully saturated rings. The minimum atomic E-state index is -0.708. The Morgan fingerprint density at radius 3 is 2.77 bits per heavy atom. The molecule has 0 saturated carbocycles. The fourth-order valence-electron chi connectivity index (χ4n) is 1.00. The van der Waals surface area contributed by atoms with Crippen molar-refractivity contribution >= 4 is 20.9 Å². The third kappa shape index (κ3) is 7.05. The van der Waals surface area contributed by atoms with Gasteiger partial charge in [-0.1, -0.05) is 0 Å². The Morgan fingerprint density at radius 1 is 1.62 bits per heavy atom. The van der Waals surface area contributed by atoms with Crippen LogP contribution in [0.2, 0.25) is 11.1 Å². The van der Waals surface area contributed by atoms with E-state index in [-0.39, 0.29) is 6.04 Å². The van der Waals surface area contributed by atoms with Crippen LogP contribution in [0.1, 0.15) is 26.2 Å². The normalized spacial score (nSPS) is 12.8. The first kappa shape index (κ1) is 12.9. The first-order chi connectivity index (χ1) is 6.22. The third-order valence-electron chi connectivity index (χ3n) is 1.83. The second-order valence-corrected chi connectivity index (χ2v) is 5.05. The maximum atomic E-state index is 10.7. The average Bonchev–Trinajstić information content (AvgIpc) is 2.10. The zero-order valence-electron chi connectivity index (χ0n) is 8.38. The number of carbonyl (C=O) groups is 1. The van der Waals surface area contributed by atoms with E-state index in [4.69, 9.17) is 5.11 Å². The quantitative estimate of drug-likeness (QED) is 0.507. The second-order valence-electron chi connectivity index (χ2n) is 2.98. The summed E-state index contributed by atoms with van der Waals surface area (Å²) in [7, 11) is 0. The van der Waals surface area contributed by atoms with Crippen molar-refractivity contribution in [3.05, 3.63) is 0 Å². The number of rotatable bonds is 8. The van der Waals surface area contributed by atoms with E-state index in [2.05, 4.69) is 18.1 Å². The molecule has 0 unspecified atom stereocenters. The van der Waals surface area contributed by atoms with Gasteiger partial charge in [-0.2, -0.15) is 0 Å².